The van der Waals surface area contributed by atoms with Crippen LogP contribution in [0.4, 0.5) is 0 Å². The first kappa shape index (κ1) is 16.2. The molecule has 0 fully saturated rings. The number of ether oxygens (including phenoxy) is 1. The summed E-state index contributed by atoms with van der Waals surface area (Å²) in [6, 6.07) is 10.8. The van der Waals surface area contributed by atoms with Gasteiger partial charge in [-0.15, -0.1) is 0 Å². The number of rotatable bonds is 10. The number of benzene rings is 1. The van der Waals surface area contributed by atoms with Crippen molar-refractivity contribution >= 4 is 0 Å². The summed E-state index contributed by atoms with van der Waals surface area (Å²) in [5, 5.41) is 3.56. The van der Waals surface area contributed by atoms with Gasteiger partial charge in [-0.3, -0.25) is 0 Å². The van der Waals surface area contributed by atoms with E-state index in [0.29, 0.717) is 11.8 Å². The predicted molar refractivity (Wildman–Crippen MR) is 82.6 cm³/mol. The second kappa shape index (κ2) is 9.99. The van der Waals surface area contributed by atoms with Crippen LogP contribution in [-0.4, -0.2) is 26.3 Å². The molecule has 0 spiro atoms. The molecule has 1 N–H and O–H groups in total. The Balaban J connectivity index is 2.24. The van der Waals surface area contributed by atoms with E-state index in [0.717, 1.165) is 39.1 Å². The first-order valence-electron chi connectivity index (χ1n) is 7.59. The third-order valence-corrected chi connectivity index (χ3v) is 3.39. The zero-order chi connectivity index (χ0) is 13.9. The minimum Gasteiger partial charge on any atom is -0.381 e. The summed E-state index contributed by atoms with van der Waals surface area (Å²) in [6.45, 7) is 10.6. The van der Waals surface area contributed by atoms with E-state index in [4.69, 9.17) is 4.74 Å². The van der Waals surface area contributed by atoms with Crippen LogP contribution in [0.2, 0.25) is 0 Å². The van der Waals surface area contributed by atoms with Crippen LogP contribution in [0.25, 0.3) is 0 Å². The molecule has 1 unspecified atom stereocenters. The van der Waals surface area contributed by atoms with Gasteiger partial charge in [-0.2, -0.15) is 0 Å². The molecule has 108 valence electrons. The maximum absolute atomic E-state index is 5.48. The maximum atomic E-state index is 5.48. The monoisotopic (exact) mass is 263 g/mol. The second-order valence-electron chi connectivity index (χ2n) is 5.43. The first-order valence-corrected chi connectivity index (χ1v) is 7.59. The smallest absolute Gasteiger partial charge is 0.0478 e. The molecule has 1 aromatic carbocycles. The van der Waals surface area contributed by atoms with Crippen molar-refractivity contribution in [2.75, 3.05) is 26.3 Å². The van der Waals surface area contributed by atoms with Crippen molar-refractivity contribution in [3.63, 3.8) is 0 Å². The summed E-state index contributed by atoms with van der Waals surface area (Å²) in [6.07, 6.45) is 2.20. The van der Waals surface area contributed by atoms with E-state index in [1.165, 1.54) is 5.56 Å². The van der Waals surface area contributed by atoms with E-state index in [-0.39, 0.29) is 0 Å². The number of hydrogen-bond acceptors (Lipinski definition) is 2. The maximum Gasteiger partial charge on any atom is 0.0478 e. The third-order valence-electron chi connectivity index (χ3n) is 3.39. The van der Waals surface area contributed by atoms with E-state index in [9.17, 15) is 0 Å². The molecule has 0 aliphatic rings. The molecule has 0 saturated heterocycles. The topological polar surface area (TPSA) is 21.3 Å². The number of nitrogens with one attached hydrogen (secondary N) is 1. The van der Waals surface area contributed by atoms with Gasteiger partial charge in [0.1, 0.15) is 0 Å². The summed E-state index contributed by atoms with van der Waals surface area (Å²) in [5.41, 5.74) is 1.44. The Morgan fingerprint density at radius 1 is 1.11 bits per heavy atom. The van der Waals surface area contributed by atoms with Gasteiger partial charge in [0.2, 0.25) is 0 Å². The number of hydrogen-bond donors (Lipinski definition) is 1. The average molecular weight is 263 g/mol. The summed E-state index contributed by atoms with van der Waals surface area (Å²) in [7, 11) is 0. The standard InChI is InChI=1S/C17H29NO/c1-4-12-19-13-8-11-18-14-17(15(2)3)16-9-6-5-7-10-16/h5-7,9-10,15,17-18H,4,8,11-14H2,1-3H3. The molecule has 0 saturated carbocycles. The van der Waals surface area contributed by atoms with Crippen molar-refractivity contribution in [1.29, 1.82) is 0 Å². The van der Waals surface area contributed by atoms with Crippen LogP contribution in [0.1, 0.15) is 45.1 Å². The lowest BCUT2D eigenvalue weighted by Crippen LogP contribution is -2.26. The van der Waals surface area contributed by atoms with Crippen molar-refractivity contribution in [3.05, 3.63) is 35.9 Å². The molecule has 1 atom stereocenters. The van der Waals surface area contributed by atoms with Crippen LogP contribution in [0.3, 0.4) is 0 Å². The Bertz CT molecular complexity index is 310. The zero-order valence-corrected chi connectivity index (χ0v) is 12.7. The molecular formula is C17H29NO. The van der Waals surface area contributed by atoms with Gasteiger partial charge in [-0.05, 0) is 36.8 Å². The molecular weight excluding hydrogens is 234 g/mol. The SMILES string of the molecule is CCCOCCCNCC(c1ccccc1)C(C)C. The first-order chi connectivity index (χ1) is 9.25. The van der Waals surface area contributed by atoms with E-state index in [1.807, 2.05) is 0 Å². The van der Waals surface area contributed by atoms with E-state index in [1.54, 1.807) is 0 Å². The highest BCUT2D eigenvalue weighted by Crippen LogP contribution is 2.23. The van der Waals surface area contributed by atoms with Crippen molar-refractivity contribution in [3.8, 4) is 0 Å². The molecule has 0 aliphatic carbocycles. The quantitative estimate of drug-likeness (QED) is 0.648. The Morgan fingerprint density at radius 3 is 2.47 bits per heavy atom. The van der Waals surface area contributed by atoms with E-state index < -0.39 is 0 Å². The second-order valence-corrected chi connectivity index (χ2v) is 5.43. The molecule has 2 nitrogen and oxygen atoms in total. The van der Waals surface area contributed by atoms with Crippen LogP contribution in [0.5, 0.6) is 0 Å². The molecule has 0 aliphatic heterocycles. The molecule has 0 bridgehead atoms. The van der Waals surface area contributed by atoms with Gasteiger partial charge in [-0.25, -0.2) is 0 Å². The van der Waals surface area contributed by atoms with Gasteiger partial charge in [0.05, 0.1) is 0 Å². The van der Waals surface area contributed by atoms with Crippen LogP contribution in [0.15, 0.2) is 30.3 Å². The predicted octanol–water partition coefficient (Wildman–Crippen LogP) is 3.83. The van der Waals surface area contributed by atoms with Gasteiger partial charge in [0.25, 0.3) is 0 Å². The summed E-state index contributed by atoms with van der Waals surface area (Å²) in [5.74, 6) is 1.25. The average Bonchev–Trinajstić information content (AvgIpc) is 2.42. The third kappa shape index (κ3) is 6.74. The molecule has 0 amide bonds. The van der Waals surface area contributed by atoms with Gasteiger partial charge in [0.15, 0.2) is 0 Å². The van der Waals surface area contributed by atoms with Crippen molar-refractivity contribution in [2.45, 2.75) is 39.5 Å². The minimum absolute atomic E-state index is 0.595. The van der Waals surface area contributed by atoms with Gasteiger partial charge >= 0.3 is 0 Å². The van der Waals surface area contributed by atoms with Gasteiger partial charge in [0, 0.05) is 19.8 Å². The minimum atomic E-state index is 0.595. The highest BCUT2D eigenvalue weighted by atomic mass is 16.5. The molecule has 1 rings (SSSR count). The Hall–Kier alpha value is -0.860. The van der Waals surface area contributed by atoms with Gasteiger partial charge < -0.3 is 10.1 Å². The van der Waals surface area contributed by atoms with Crippen LogP contribution in [-0.2, 0) is 4.74 Å². The molecule has 1 aromatic rings. The van der Waals surface area contributed by atoms with Crippen molar-refractivity contribution in [1.82, 2.24) is 5.32 Å². The van der Waals surface area contributed by atoms with Crippen molar-refractivity contribution < 1.29 is 4.74 Å². The summed E-state index contributed by atoms with van der Waals surface area (Å²) >= 11 is 0. The highest BCUT2D eigenvalue weighted by Gasteiger charge is 2.14. The van der Waals surface area contributed by atoms with Crippen LogP contribution in [0, 0.1) is 5.92 Å². The lowest BCUT2D eigenvalue weighted by atomic mass is 9.88. The van der Waals surface area contributed by atoms with Crippen molar-refractivity contribution in [2.24, 2.45) is 5.92 Å². The lowest BCUT2D eigenvalue weighted by molar-refractivity contribution is 0.132. The Labute approximate surface area is 118 Å². The lowest BCUT2D eigenvalue weighted by Gasteiger charge is -2.22. The fourth-order valence-corrected chi connectivity index (χ4v) is 2.24. The Kier molecular flexibility index (Phi) is 8.52. The normalized spacial score (nSPS) is 12.8. The molecule has 0 aromatic heterocycles. The molecule has 0 radical (unpaired) electrons. The van der Waals surface area contributed by atoms with Crippen LogP contribution < -0.4 is 5.32 Å². The Morgan fingerprint density at radius 2 is 1.84 bits per heavy atom. The van der Waals surface area contributed by atoms with Crippen LogP contribution >= 0.6 is 0 Å². The highest BCUT2D eigenvalue weighted by molar-refractivity contribution is 5.20. The van der Waals surface area contributed by atoms with E-state index >= 15 is 0 Å². The molecule has 2 heteroatoms. The molecule has 0 heterocycles. The van der Waals surface area contributed by atoms with Gasteiger partial charge in [-0.1, -0.05) is 51.1 Å². The fourth-order valence-electron chi connectivity index (χ4n) is 2.24. The largest absolute Gasteiger partial charge is 0.381 e. The molecule has 19 heavy (non-hydrogen) atoms. The zero-order valence-electron chi connectivity index (χ0n) is 12.7. The fraction of sp³-hybridized carbons (Fsp3) is 0.647. The summed E-state index contributed by atoms with van der Waals surface area (Å²) < 4.78 is 5.48. The van der Waals surface area contributed by atoms with E-state index in [2.05, 4.69) is 56.4 Å². The summed E-state index contributed by atoms with van der Waals surface area (Å²) in [4.78, 5) is 0.